The van der Waals surface area contributed by atoms with E-state index in [0.29, 0.717) is 16.5 Å². The molecule has 4 heteroatoms. The van der Waals surface area contributed by atoms with Gasteiger partial charge in [0.2, 0.25) is 0 Å². The number of ether oxygens (including phenoxy) is 1. The van der Waals surface area contributed by atoms with E-state index in [9.17, 15) is 4.39 Å². The molecule has 2 nitrogen and oxygen atoms in total. The van der Waals surface area contributed by atoms with Gasteiger partial charge in [-0.3, -0.25) is 0 Å². The van der Waals surface area contributed by atoms with E-state index in [4.69, 9.17) is 16.3 Å². The van der Waals surface area contributed by atoms with Crippen molar-refractivity contribution in [1.29, 1.82) is 0 Å². The molecule has 1 N–H and O–H groups in total. The molecule has 114 valence electrons. The van der Waals surface area contributed by atoms with Crippen LogP contribution in [0.15, 0.2) is 36.7 Å². The highest BCUT2D eigenvalue weighted by molar-refractivity contribution is 6.30. The number of halogens is 2. The zero-order chi connectivity index (χ0) is 16.0. The van der Waals surface area contributed by atoms with Crippen LogP contribution in [0.4, 0.5) is 10.1 Å². The van der Waals surface area contributed by atoms with Crippen molar-refractivity contribution in [2.75, 3.05) is 5.32 Å². The largest absolute Gasteiger partial charge is 0.466 e. The normalized spacial score (nSPS) is 16.8. The summed E-state index contributed by atoms with van der Waals surface area (Å²) in [7, 11) is 0. The second-order valence-corrected chi connectivity index (χ2v) is 6.06. The molecule has 22 heavy (non-hydrogen) atoms. The molecule has 0 spiro atoms. The zero-order valence-corrected chi connectivity index (χ0v) is 13.5. The summed E-state index contributed by atoms with van der Waals surface area (Å²) in [4.78, 5) is 0. The average Bonchev–Trinajstić information content (AvgIpc) is 2.48. The highest BCUT2D eigenvalue weighted by atomic mass is 35.5. The first-order valence-corrected chi connectivity index (χ1v) is 7.44. The van der Waals surface area contributed by atoms with Gasteiger partial charge in [-0.05, 0) is 68.3 Å². The molecule has 0 bridgehead atoms. The number of benzene rings is 2. The highest BCUT2D eigenvalue weighted by Gasteiger charge is 2.29. The molecular formula is C18H17ClFNO. The molecule has 0 aromatic heterocycles. The Bertz CT molecular complexity index is 785. The molecule has 0 aliphatic carbocycles. The molecule has 2 aromatic carbocycles. The molecule has 1 unspecified atom stereocenters. The lowest BCUT2D eigenvalue weighted by molar-refractivity contribution is 0.145. The van der Waals surface area contributed by atoms with Crippen LogP contribution in [0.3, 0.4) is 0 Å². The third kappa shape index (κ3) is 2.35. The molecule has 0 saturated heterocycles. The molecular weight excluding hydrogens is 301 g/mol. The lowest BCUT2D eigenvalue weighted by atomic mass is 9.91. The van der Waals surface area contributed by atoms with E-state index in [-0.39, 0.29) is 5.82 Å². The maximum atomic E-state index is 14.3. The van der Waals surface area contributed by atoms with Crippen molar-refractivity contribution in [2.45, 2.75) is 26.9 Å². The fraction of sp³-hybridized carbons (Fsp3) is 0.222. The first-order chi connectivity index (χ1) is 10.4. The average molecular weight is 318 g/mol. The molecule has 0 amide bonds. The van der Waals surface area contributed by atoms with Gasteiger partial charge >= 0.3 is 0 Å². The Balaban J connectivity index is 2.24. The van der Waals surface area contributed by atoms with Crippen LogP contribution in [0.25, 0.3) is 0 Å². The monoisotopic (exact) mass is 317 g/mol. The Morgan fingerprint density at radius 1 is 1.14 bits per heavy atom. The van der Waals surface area contributed by atoms with Crippen molar-refractivity contribution in [3.8, 4) is 0 Å². The van der Waals surface area contributed by atoms with Crippen LogP contribution in [-0.2, 0) is 4.74 Å². The SMILES string of the molecule is C=C1Nc2c(cc(C)c(C)c2C)C(c2cc(Cl)ccc2F)O1. The topological polar surface area (TPSA) is 21.3 Å². The van der Waals surface area contributed by atoms with Gasteiger partial charge in [0.15, 0.2) is 12.0 Å². The molecule has 0 saturated carbocycles. The number of hydrogen-bond acceptors (Lipinski definition) is 2. The number of hydrogen-bond donors (Lipinski definition) is 1. The number of rotatable bonds is 1. The lowest BCUT2D eigenvalue weighted by Gasteiger charge is -2.32. The predicted molar refractivity (Wildman–Crippen MR) is 87.8 cm³/mol. The second-order valence-electron chi connectivity index (χ2n) is 5.62. The van der Waals surface area contributed by atoms with Gasteiger partial charge in [0, 0.05) is 16.1 Å². The third-order valence-corrected chi connectivity index (χ3v) is 4.47. The zero-order valence-electron chi connectivity index (χ0n) is 12.8. The van der Waals surface area contributed by atoms with E-state index in [2.05, 4.69) is 18.8 Å². The van der Waals surface area contributed by atoms with E-state index >= 15 is 0 Å². The third-order valence-electron chi connectivity index (χ3n) is 4.24. The number of anilines is 1. The standard InChI is InChI=1S/C18H17ClFNO/c1-9-7-15-17(11(3)10(9)2)21-12(4)22-18(15)14-8-13(19)5-6-16(14)20/h5-8,18,21H,4H2,1-3H3. The van der Waals surface area contributed by atoms with Crippen molar-refractivity contribution < 1.29 is 9.13 Å². The molecule has 1 heterocycles. The summed E-state index contributed by atoms with van der Waals surface area (Å²) < 4.78 is 20.0. The van der Waals surface area contributed by atoms with Crippen LogP contribution in [0.1, 0.15) is 33.9 Å². The van der Waals surface area contributed by atoms with Crippen molar-refractivity contribution in [3.63, 3.8) is 0 Å². The van der Waals surface area contributed by atoms with Gasteiger partial charge < -0.3 is 10.1 Å². The molecule has 0 radical (unpaired) electrons. The Morgan fingerprint density at radius 2 is 1.86 bits per heavy atom. The maximum Gasteiger partial charge on any atom is 0.184 e. The number of aryl methyl sites for hydroxylation is 1. The highest BCUT2D eigenvalue weighted by Crippen LogP contribution is 2.42. The van der Waals surface area contributed by atoms with E-state index < -0.39 is 6.10 Å². The summed E-state index contributed by atoms with van der Waals surface area (Å²) in [5, 5.41) is 3.64. The Hall–Kier alpha value is -2.00. The van der Waals surface area contributed by atoms with Gasteiger partial charge in [-0.15, -0.1) is 0 Å². The fourth-order valence-corrected chi connectivity index (χ4v) is 2.99. The van der Waals surface area contributed by atoms with Crippen molar-refractivity contribution in [3.05, 3.63) is 75.4 Å². The van der Waals surface area contributed by atoms with E-state index in [1.54, 1.807) is 6.07 Å². The van der Waals surface area contributed by atoms with E-state index in [1.807, 2.05) is 19.9 Å². The maximum absolute atomic E-state index is 14.3. The summed E-state index contributed by atoms with van der Waals surface area (Å²) in [6, 6.07) is 6.53. The molecule has 2 aromatic rings. The van der Waals surface area contributed by atoms with Gasteiger partial charge in [0.25, 0.3) is 0 Å². The summed E-state index contributed by atoms with van der Waals surface area (Å²) >= 11 is 6.03. The lowest BCUT2D eigenvalue weighted by Crippen LogP contribution is -2.21. The number of nitrogens with one attached hydrogen (secondary N) is 1. The fourth-order valence-electron chi connectivity index (χ4n) is 2.81. The van der Waals surface area contributed by atoms with Crippen LogP contribution < -0.4 is 5.32 Å². The van der Waals surface area contributed by atoms with E-state index in [0.717, 1.165) is 22.4 Å². The quantitative estimate of drug-likeness (QED) is 0.759. The van der Waals surface area contributed by atoms with E-state index in [1.165, 1.54) is 17.7 Å². The van der Waals surface area contributed by atoms with Crippen LogP contribution in [-0.4, -0.2) is 0 Å². The molecule has 1 atom stereocenters. The Kier molecular flexibility index (Phi) is 3.61. The van der Waals surface area contributed by atoms with Gasteiger partial charge in [0.05, 0.1) is 5.69 Å². The molecule has 1 aliphatic rings. The van der Waals surface area contributed by atoms with Gasteiger partial charge in [-0.1, -0.05) is 11.6 Å². The minimum atomic E-state index is -0.555. The summed E-state index contributed by atoms with van der Waals surface area (Å²) in [6.45, 7) is 9.99. The summed E-state index contributed by atoms with van der Waals surface area (Å²) in [5.74, 6) is 0.0640. The molecule has 0 fully saturated rings. The van der Waals surface area contributed by atoms with Crippen molar-refractivity contribution >= 4 is 17.3 Å². The summed E-state index contributed by atoms with van der Waals surface area (Å²) in [6.07, 6.45) is -0.555. The van der Waals surface area contributed by atoms with Crippen LogP contribution in [0.5, 0.6) is 0 Å². The molecule has 1 aliphatic heterocycles. The minimum absolute atomic E-state index is 0.342. The van der Waals surface area contributed by atoms with Gasteiger partial charge in [0.1, 0.15) is 5.82 Å². The van der Waals surface area contributed by atoms with Crippen molar-refractivity contribution in [2.24, 2.45) is 0 Å². The Morgan fingerprint density at radius 3 is 2.59 bits per heavy atom. The minimum Gasteiger partial charge on any atom is -0.466 e. The van der Waals surface area contributed by atoms with Gasteiger partial charge in [-0.2, -0.15) is 0 Å². The van der Waals surface area contributed by atoms with Crippen molar-refractivity contribution in [1.82, 2.24) is 0 Å². The predicted octanol–water partition coefficient (Wildman–Crippen LogP) is 5.41. The Labute approximate surface area is 134 Å². The van der Waals surface area contributed by atoms with Gasteiger partial charge in [-0.25, -0.2) is 4.39 Å². The first-order valence-electron chi connectivity index (χ1n) is 7.06. The molecule has 3 rings (SSSR count). The second kappa shape index (κ2) is 5.33. The first kappa shape index (κ1) is 14.9. The van der Waals surface area contributed by atoms with Crippen LogP contribution >= 0.6 is 11.6 Å². The smallest absolute Gasteiger partial charge is 0.184 e. The number of fused-ring (bicyclic) bond motifs is 1. The van der Waals surface area contributed by atoms with Crippen LogP contribution in [0, 0.1) is 26.6 Å². The van der Waals surface area contributed by atoms with Crippen LogP contribution in [0.2, 0.25) is 5.02 Å². The summed E-state index contributed by atoms with van der Waals surface area (Å²) in [5.41, 5.74) is 5.71.